The number of hydrogen-bond acceptors (Lipinski definition) is 3. The number of unbranched alkanes of at least 4 members (excludes halogenated alkanes) is 4. The molecule has 0 fully saturated rings. The van der Waals surface area contributed by atoms with Crippen molar-refractivity contribution in [3.8, 4) is 0 Å². The van der Waals surface area contributed by atoms with Crippen molar-refractivity contribution in [3.63, 3.8) is 0 Å². The fourth-order valence-corrected chi connectivity index (χ4v) is 5.45. The molecule has 0 saturated heterocycles. The Morgan fingerprint density at radius 1 is 0.652 bits per heavy atom. The third kappa shape index (κ3) is 13.1. The first kappa shape index (κ1) is 23.1. The molecule has 0 radical (unpaired) electrons. The molecule has 3 nitrogen and oxygen atoms in total. The van der Waals surface area contributed by atoms with E-state index in [0.717, 1.165) is 51.0 Å². The predicted molar refractivity (Wildman–Crippen MR) is 102 cm³/mol. The fourth-order valence-electron chi connectivity index (χ4n) is 2.54. The lowest BCUT2D eigenvalue weighted by atomic mass is 10.0. The van der Waals surface area contributed by atoms with Crippen LogP contribution in [-0.2, 0) is 13.3 Å². The SMILES string of the molecule is CCCO[Si](CCCCCCCC(C)C)(OCCC)OCCC. The second-order valence-corrected chi connectivity index (χ2v) is 9.66. The lowest BCUT2D eigenvalue weighted by Crippen LogP contribution is -2.46. The van der Waals surface area contributed by atoms with Gasteiger partial charge in [0.05, 0.1) is 0 Å². The van der Waals surface area contributed by atoms with Gasteiger partial charge in [0.25, 0.3) is 0 Å². The Kier molecular flexibility index (Phi) is 15.7. The van der Waals surface area contributed by atoms with Crippen LogP contribution in [0.4, 0.5) is 0 Å². The molecule has 0 bridgehead atoms. The van der Waals surface area contributed by atoms with E-state index >= 15 is 0 Å². The number of rotatable bonds is 17. The molecule has 0 heterocycles. The molecule has 0 aromatic heterocycles. The lowest BCUT2D eigenvalue weighted by Gasteiger charge is -2.29. The largest absolute Gasteiger partial charge is 0.500 e. The van der Waals surface area contributed by atoms with Gasteiger partial charge in [-0.15, -0.1) is 0 Å². The van der Waals surface area contributed by atoms with Crippen LogP contribution in [0.1, 0.15) is 92.4 Å². The molecule has 140 valence electrons. The molecule has 0 saturated carbocycles. The van der Waals surface area contributed by atoms with Crippen LogP contribution in [0.5, 0.6) is 0 Å². The first-order valence-electron chi connectivity index (χ1n) is 10.0. The molecule has 0 aromatic rings. The van der Waals surface area contributed by atoms with Gasteiger partial charge in [0.15, 0.2) is 0 Å². The average molecular weight is 347 g/mol. The van der Waals surface area contributed by atoms with Gasteiger partial charge in [0, 0.05) is 25.9 Å². The van der Waals surface area contributed by atoms with E-state index in [9.17, 15) is 0 Å². The Hall–Kier alpha value is 0.0969. The highest BCUT2D eigenvalue weighted by Gasteiger charge is 2.40. The Labute approximate surface area is 146 Å². The lowest BCUT2D eigenvalue weighted by molar-refractivity contribution is 0.0586. The molecular weight excluding hydrogens is 304 g/mol. The maximum absolute atomic E-state index is 6.14. The predicted octanol–water partition coefficient (Wildman–Crippen LogP) is 6.20. The van der Waals surface area contributed by atoms with Gasteiger partial charge in [-0.2, -0.15) is 0 Å². The van der Waals surface area contributed by atoms with Gasteiger partial charge >= 0.3 is 8.80 Å². The van der Waals surface area contributed by atoms with E-state index in [0.29, 0.717) is 0 Å². The van der Waals surface area contributed by atoms with Crippen LogP contribution in [0, 0.1) is 5.92 Å². The van der Waals surface area contributed by atoms with Crippen molar-refractivity contribution < 1.29 is 13.3 Å². The summed E-state index contributed by atoms with van der Waals surface area (Å²) in [5, 5.41) is 0. The van der Waals surface area contributed by atoms with Crippen LogP contribution >= 0.6 is 0 Å². The summed E-state index contributed by atoms with van der Waals surface area (Å²) in [6, 6.07) is 0.983. The van der Waals surface area contributed by atoms with Crippen LogP contribution in [0.3, 0.4) is 0 Å². The molecule has 0 N–H and O–H groups in total. The minimum absolute atomic E-state index is 0.758. The van der Waals surface area contributed by atoms with E-state index in [4.69, 9.17) is 13.3 Å². The Morgan fingerprint density at radius 2 is 1.09 bits per heavy atom. The standard InChI is InChI=1S/C19H42O3Si/c1-6-15-20-23(21-16-7-2,22-17-8-3)18-13-11-9-10-12-14-19(4)5/h19H,6-18H2,1-5H3. The second-order valence-electron chi connectivity index (χ2n) is 6.93. The van der Waals surface area contributed by atoms with Gasteiger partial charge in [-0.3, -0.25) is 0 Å². The van der Waals surface area contributed by atoms with Gasteiger partial charge in [0.1, 0.15) is 0 Å². The van der Waals surface area contributed by atoms with Crippen LogP contribution in [0.15, 0.2) is 0 Å². The third-order valence-electron chi connectivity index (χ3n) is 3.84. The van der Waals surface area contributed by atoms with Crippen molar-refractivity contribution in [2.24, 2.45) is 5.92 Å². The van der Waals surface area contributed by atoms with E-state index in [1.54, 1.807) is 0 Å². The highest BCUT2D eigenvalue weighted by atomic mass is 28.4. The highest BCUT2D eigenvalue weighted by Crippen LogP contribution is 2.22. The van der Waals surface area contributed by atoms with E-state index in [2.05, 4.69) is 34.6 Å². The summed E-state index contributed by atoms with van der Waals surface area (Å²) < 4.78 is 18.4. The molecular formula is C19H42O3Si. The summed E-state index contributed by atoms with van der Waals surface area (Å²) in [7, 11) is -2.44. The van der Waals surface area contributed by atoms with Crippen LogP contribution in [0.25, 0.3) is 0 Å². The highest BCUT2D eigenvalue weighted by molar-refractivity contribution is 6.60. The van der Waals surface area contributed by atoms with Crippen molar-refractivity contribution >= 4 is 8.80 Å². The van der Waals surface area contributed by atoms with E-state index in [1.165, 1.54) is 38.5 Å². The molecule has 0 aliphatic carbocycles. The summed E-state index contributed by atoms with van der Waals surface area (Å²) >= 11 is 0. The molecule has 0 amide bonds. The normalized spacial score (nSPS) is 12.3. The van der Waals surface area contributed by atoms with Crippen molar-refractivity contribution in [2.45, 2.75) is 98.5 Å². The molecule has 23 heavy (non-hydrogen) atoms. The molecule has 0 rings (SSSR count). The topological polar surface area (TPSA) is 27.7 Å². The van der Waals surface area contributed by atoms with E-state index in [-0.39, 0.29) is 0 Å². The van der Waals surface area contributed by atoms with Crippen molar-refractivity contribution in [1.29, 1.82) is 0 Å². The zero-order chi connectivity index (χ0) is 17.4. The summed E-state index contributed by atoms with van der Waals surface area (Å²) in [6.07, 6.45) is 10.9. The van der Waals surface area contributed by atoms with Crippen LogP contribution < -0.4 is 0 Å². The molecule has 0 unspecified atom stereocenters. The maximum Gasteiger partial charge on any atom is 0.500 e. The van der Waals surface area contributed by atoms with Crippen molar-refractivity contribution in [3.05, 3.63) is 0 Å². The average Bonchev–Trinajstić information content (AvgIpc) is 2.54. The van der Waals surface area contributed by atoms with E-state index < -0.39 is 8.80 Å². The Morgan fingerprint density at radius 3 is 1.52 bits per heavy atom. The zero-order valence-electron chi connectivity index (χ0n) is 16.5. The quantitative estimate of drug-likeness (QED) is 0.232. The van der Waals surface area contributed by atoms with Gasteiger partial charge in [-0.1, -0.05) is 66.7 Å². The Bertz CT molecular complexity index is 225. The first-order valence-corrected chi connectivity index (χ1v) is 11.9. The minimum Gasteiger partial charge on any atom is -0.373 e. The Balaban J connectivity index is 4.19. The van der Waals surface area contributed by atoms with Gasteiger partial charge < -0.3 is 13.3 Å². The monoisotopic (exact) mass is 346 g/mol. The maximum atomic E-state index is 6.14. The van der Waals surface area contributed by atoms with Crippen LogP contribution in [0.2, 0.25) is 6.04 Å². The molecule has 0 aromatic carbocycles. The summed E-state index contributed by atoms with van der Waals surface area (Å²) in [6.45, 7) is 13.3. The minimum atomic E-state index is -2.44. The van der Waals surface area contributed by atoms with Crippen molar-refractivity contribution in [2.75, 3.05) is 19.8 Å². The van der Waals surface area contributed by atoms with Gasteiger partial charge in [-0.05, 0) is 31.6 Å². The third-order valence-corrected chi connectivity index (χ3v) is 6.74. The zero-order valence-corrected chi connectivity index (χ0v) is 17.5. The number of hydrogen-bond donors (Lipinski definition) is 0. The molecule has 0 spiro atoms. The molecule has 0 aliphatic heterocycles. The summed E-state index contributed by atoms with van der Waals surface area (Å²) in [5.74, 6) is 0.836. The molecule has 0 atom stereocenters. The van der Waals surface area contributed by atoms with Crippen LogP contribution in [-0.4, -0.2) is 28.6 Å². The second kappa shape index (κ2) is 15.6. The van der Waals surface area contributed by atoms with Gasteiger partial charge in [-0.25, -0.2) is 0 Å². The van der Waals surface area contributed by atoms with Crippen molar-refractivity contribution in [1.82, 2.24) is 0 Å². The smallest absolute Gasteiger partial charge is 0.373 e. The summed E-state index contributed by atoms with van der Waals surface area (Å²) in [4.78, 5) is 0. The first-order chi connectivity index (χ1) is 11.1. The van der Waals surface area contributed by atoms with E-state index in [1.807, 2.05) is 0 Å². The molecule has 4 heteroatoms. The summed E-state index contributed by atoms with van der Waals surface area (Å²) in [5.41, 5.74) is 0. The van der Waals surface area contributed by atoms with Gasteiger partial charge in [0.2, 0.25) is 0 Å². The fraction of sp³-hybridized carbons (Fsp3) is 1.00. The molecule has 0 aliphatic rings.